The van der Waals surface area contributed by atoms with E-state index < -0.39 is 10.0 Å². The van der Waals surface area contributed by atoms with Gasteiger partial charge < -0.3 is 5.32 Å². The minimum Gasteiger partial charge on any atom is -0.351 e. The van der Waals surface area contributed by atoms with Crippen molar-refractivity contribution in [3.63, 3.8) is 0 Å². The van der Waals surface area contributed by atoms with Crippen molar-refractivity contribution in [3.05, 3.63) is 21.9 Å². The summed E-state index contributed by atoms with van der Waals surface area (Å²) in [6.07, 6.45) is 3.70. The standard InChI is InChI=1S/C14H22N2O3S2/c1-3-12-6-7-13(20-12)9-15-14(17)11-5-4-8-16(10-11)21(2,18)19/h6-7,11H,3-5,8-10H2,1-2H3,(H,15,17)/t11-/m1/s1. The lowest BCUT2D eigenvalue weighted by molar-refractivity contribution is -0.126. The van der Waals surface area contributed by atoms with Crippen molar-refractivity contribution >= 4 is 27.3 Å². The third-order valence-corrected chi connectivity index (χ3v) is 6.23. The van der Waals surface area contributed by atoms with E-state index in [1.165, 1.54) is 15.4 Å². The molecule has 1 aromatic heterocycles. The Balaban J connectivity index is 1.88. The smallest absolute Gasteiger partial charge is 0.224 e. The number of piperidine rings is 1. The summed E-state index contributed by atoms with van der Waals surface area (Å²) in [5.41, 5.74) is 0. The number of nitrogens with one attached hydrogen (secondary N) is 1. The molecule has 1 atom stereocenters. The highest BCUT2D eigenvalue weighted by Crippen LogP contribution is 2.20. The Kier molecular flexibility index (Phi) is 5.40. The summed E-state index contributed by atoms with van der Waals surface area (Å²) in [7, 11) is -3.20. The maximum absolute atomic E-state index is 12.2. The Morgan fingerprint density at radius 2 is 2.14 bits per heavy atom. The second-order valence-corrected chi connectivity index (χ2v) is 8.63. The number of hydrogen-bond donors (Lipinski definition) is 1. The summed E-state index contributed by atoms with van der Waals surface area (Å²) in [6, 6.07) is 4.12. The van der Waals surface area contributed by atoms with Gasteiger partial charge in [0.2, 0.25) is 15.9 Å². The third-order valence-electron chi connectivity index (χ3n) is 3.73. The highest BCUT2D eigenvalue weighted by molar-refractivity contribution is 7.88. The van der Waals surface area contributed by atoms with Crippen molar-refractivity contribution in [2.75, 3.05) is 19.3 Å². The maximum Gasteiger partial charge on any atom is 0.224 e. The fourth-order valence-corrected chi connectivity index (χ4v) is 4.29. The molecule has 0 saturated carbocycles. The summed E-state index contributed by atoms with van der Waals surface area (Å²) >= 11 is 1.71. The summed E-state index contributed by atoms with van der Waals surface area (Å²) in [5, 5.41) is 2.93. The van der Waals surface area contributed by atoms with E-state index in [9.17, 15) is 13.2 Å². The first-order valence-electron chi connectivity index (χ1n) is 7.20. The van der Waals surface area contributed by atoms with Gasteiger partial charge in [0.1, 0.15) is 0 Å². The van der Waals surface area contributed by atoms with E-state index in [2.05, 4.69) is 18.3 Å². The molecule has 5 nitrogen and oxygen atoms in total. The van der Waals surface area contributed by atoms with Crippen molar-refractivity contribution in [1.82, 2.24) is 9.62 Å². The van der Waals surface area contributed by atoms with E-state index in [1.807, 2.05) is 6.07 Å². The number of carbonyl (C=O) groups is 1. The fraction of sp³-hybridized carbons (Fsp3) is 0.643. The molecular formula is C14H22N2O3S2. The molecule has 0 unspecified atom stereocenters. The first-order chi connectivity index (χ1) is 9.90. The number of carbonyl (C=O) groups excluding carboxylic acids is 1. The van der Waals surface area contributed by atoms with E-state index in [0.29, 0.717) is 19.6 Å². The van der Waals surface area contributed by atoms with Crippen LogP contribution in [0.15, 0.2) is 12.1 Å². The van der Waals surface area contributed by atoms with E-state index in [4.69, 9.17) is 0 Å². The largest absolute Gasteiger partial charge is 0.351 e. The molecule has 0 aromatic carbocycles. The molecule has 1 aliphatic heterocycles. The molecule has 0 bridgehead atoms. The lowest BCUT2D eigenvalue weighted by Gasteiger charge is -2.30. The molecule has 1 fully saturated rings. The number of nitrogens with zero attached hydrogens (tertiary/aromatic N) is 1. The molecule has 1 amide bonds. The molecule has 2 heterocycles. The van der Waals surface area contributed by atoms with Crippen LogP contribution in [0, 0.1) is 5.92 Å². The minimum absolute atomic E-state index is 0.0465. The molecule has 0 radical (unpaired) electrons. The number of hydrogen-bond acceptors (Lipinski definition) is 4. The second-order valence-electron chi connectivity index (χ2n) is 5.40. The summed E-state index contributed by atoms with van der Waals surface area (Å²) in [5.74, 6) is -0.283. The van der Waals surface area contributed by atoms with Crippen LogP contribution >= 0.6 is 11.3 Å². The van der Waals surface area contributed by atoms with Gasteiger partial charge in [-0.3, -0.25) is 4.79 Å². The summed E-state index contributed by atoms with van der Waals surface area (Å²) in [4.78, 5) is 14.6. The van der Waals surface area contributed by atoms with Crippen LogP contribution < -0.4 is 5.32 Å². The fourth-order valence-electron chi connectivity index (χ4n) is 2.48. The van der Waals surface area contributed by atoms with Crippen molar-refractivity contribution in [3.8, 4) is 0 Å². The predicted molar refractivity (Wildman–Crippen MR) is 84.7 cm³/mol. The van der Waals surface area contributed by atoms with Gasteiger partial charge in [0.25, 0.3) is 0 Å². The SMILES string of the molecule is CCc1ccc(CNC(=O)[C@@H]2CCCN(S(C)(=O)=O)C2)s1. The van der Waals surface area contributed by atoms with Gasteiger partial charge in [-0.15, -0.1) is 11.3 Å². The number of rotatable bonds is 5. The molecule has 1 aliphatic rings. The van der Waals surface area contributed by atoms with E-state index in [1.54, 1.807) is 11.3 Å². The first-order valence-corrected chi connectivity index (χ1v) is 9.87. The average Bonchev–Trinajstić information content (AvgIpc) is 2.92. The molecule has 1 aromatic rings. The van der Waals surface area contributed by atoms with Crippen LogP contribution in [0.2, 0.25) is 0 Å². The quantitative estimate of drug-likeness (QED) is 0.892. The zero-order chi connectivity index (χ0) is 15.5. The average molecular weight is 330 g/mol. The second kappa shape index (κ2) is 6.89. The molecule has 0 aliphatic carbocycles. The molecule has 118 valence electrons. The Hall–Kier alpha value is -0.920. The van der Waals surface area contributed by atoms with E-state index >= 15 is 0 Å². The predicted octanol–water partition coefficient (Wildman–Crippen LogP) is 1.60. The van der Waals surface area contributed by atoms with Crippen LogP contribution in [0.4, 0.5) is 0 Å². The van der Waals surface area contributed by atoms with Gasteiger partial charge >= 0.3 is 0 Å². The zero-order valence-corrected chi connectivity index (χ0v) is 14.1. The van der Waals surface area contributed by atoms with Crippen LogP contribution in [0.5, 0.6) is 0 Å². The van der Waals surface area contributed by atoms with Gasteiger partial charge in [-0.1, -0.05) is 6.92 Å². The Labute approximate surface area is 130 Å². The van der Waals surface area contributed by atoms with Gasteiger partial charge in [-0.25, -0.2) is 12.7 Å². The number of thiophene rings is 1. The molecular weight excluding hydrogens is 308 g/mol. The third kappa shape index (κ3) is 4.52. The van der Waals surface area contributed by atoms with Crippen LogP contribution in [0.3, 0.4) is 0 Å². The Morgan fingerprint density at radius 3 is 2.76 bits per heavy atom. The van der Waals surface area contributed by atoms with Gasteiger partial charge in [-0.2, -0.15) is 0 Å². The summed E-state index contributed by atoms with van der Waals surface area (Å²) < 4.78 is 24.5. The molecule has 2 rings (SSSR count). The molecule has 21 heavy (non-hydrogen) atoms. The molecule has 1 N–H and O–H groups in total. The molecule has 0 spiro atoms. The molecule has 7 heteroatoms. The van der Waals surface area contributed by atoms with Crippen molar-refractivity contribution in [2.45, 2.75) is 32.7 Å². The Bertz CT molecular complexity index is 595. The van der Waals surface area contributed by atoms with Gasteiger partial charge in [-0.05, 0) is 31.4 Å². The highest BCUT2D eigenvalue weighted by Gasteiger charge is 2.29. The first kappa shape index (κ1) is 16.5. The van der Waals surface area contributed by atoms with Crippen LogP contribution in [0.25, 0.3) is 0 Å². The van der Waals surface area contributed by atoms with Crippen LogP contribution in [0.1, 0.15) is 29.5 Å². The monoisotopic (exact) mass is 330 g/mol. The zero-order valence-electron chi connectivity index (χ0n) is 12.5. The van der Waals surface area contributed by atoms with Crippen molar-refractivity contribution in [1.29, 1.82) is 0 Å². The number of sulfonamides is 1. The van der Waals surface area contributed by atoms with Crippen LogP contribution in [-0.4, -0.2) is 38.0 Å². The van der Waals surface area contributed by atoms with E-state index in [-0.39, 0.29) is 11.8 Å². The number of aryl methyl sites for hydroxylation is 1. The van der Waals surface area contributed by atoms with E-state index in [0.717, 1.165) is 24.1 Å². The number of amides is 1. The van der Waals surface area contributed by atoms with Gasteiger partial charge in [0, 0.05) is 22.8 Å². The molecule has 1 saturated heterocycles. The van der Waals surface area contributed by atoms with Gasteiger partial charge in [0.15, 0.2) is 0 Å². The summed E-state index contributed by atoms with van der Waals surface area (Å²) in [6.45, 7) is 3.46. The maximum atomic E-state index is 12.2. The lowest BCUT2D eigenvalue weighted by atomic mass is 9.99. The van der Waals surface area contributed by atoms with Crippen molar-refractivity contribution in [2.24, 2.45) is 5.92 Å². The highest BCUT2D eigenvalue weighted by atomic mass is 32.2. The van der Waals surface area contributed by atoms with Crippen LogP contribution in [-0.2, 0) is 27.8 Å². The topological polar surface area (TPSA) is 66.5 Å². The van der Waals surface area contributed by atoms with Gasteiger partial charge in [0.05, 0.1) is 18.7 Å². The minimum atomic E-state index is -3.20. The normalized spacial score (nSPS) is 20.4. The lowest BCUT2D eigenvalue weighted by Crippen LogP contribution is -2.44. The Morgan fingerprint density at radius 1 is 1.43 bits per heavy atom. The van der Waals surface area contributed by atoms with Crippen molar-refractivity contribution < 1.29 is 13.2 Å².